The van der Waals surface area contributed by atoms with E-state index < -0.39 is 41.2 Å². The van der Waals surface area contributed by atoms with Crippen molar-refractivity contribution in [2.75, 3.05) is 115 Å². The summed E-state index contributed by atoms with van der Waals surface area (Å²) in [5, 5.41) is 20.9. The Balaban J connectivity index is 0.000000154. The fourth-order valence-corrected chi connectivity index (χ4v) is 11.8. The molecule has 11 rings (SSSR count). The molecule has 84 heavy (non-hydrogen) atoms. The number of sulfone groups is 3. The molecule has 0 atom stereocenters. The van der Waals surface area contributed by atoms with Crippen molar-refractivity contribution in [3.8, 4) is 23.0 Å². The summed E-state index contributed by atoms with van der Waals surface area (Å²) in [5.41, 5.74) is 9.83. The van der Waals surface area contributed by atoms with Gasteiger partial charge < -0.3 is 67.8 Å². The number of rotatable bonds is 12. The third kappa shape index (κ3) is 17.6. The van der Waals surface area contributed by atoms with Gasteiger partial charge in [0.25, 0.3) is 23.4 Å². The normalized spacial score (nSPS) is 16.9. The van der Waals surface area contributed by atoms with E-state index in [0.29, 0.717) is 131 Å². The molecular formula is C53H60ClF2N9O16S3. The van der Waals surface area contributed by atoms with Gasteiger partial charge in [0.15, 0.2) is 51.8 Å². The van der Waals surface area contributed by atoms with E-state index in [1.807, 2.05) is 0 Å². The van der Waals surface area contributed by atoms with Crippen LogP contribution in [0.3, 0.4) is 0 Å². The lowest BCUT2D eigenvalue weighted by atomic mass is 10.2. The fourth-order valence-electron chi connectivity index (χ4n) is 7.98. The molecule has 0 radical (unpaired) electrons. The first-order valence-electron chi connectivity index (χ1n) is 25.8. The summed E-state index contributed by atoms with van der Waals surface area (Å²) in [4.78, 5) is 34.0. The van der Waals surface area contributed by atoms with Crippen LogP contribution in [0.5, 0.6) is 23.0 Å². The molecule has 7 heterocycles. The number of carbonyl (C=O) groups is 1. The van der Waals surface area contributed by atoms with Gasteiger partial charge in [-0.15, -0.1) is 0 Å². The van der Waals surface area contributed by atoms with Gasteiger partial charge in [-0.2, -0.15) is 19.9 Å². The lowest BCUT2D eigenvalue weighted by molar-refractivity contribution is 0.0531. The van der Waals surface area contributed by atoms with Crippen LogP contribution in [0.15, 0.2) is 114 Å². The number of aromatic hydroxyl groups is 2. The lowest BCUT2D eigenvalue weighted by Gasteiger charge is -2.24. The van der Waals surface area contributed by atoms with Gasteiger partial charge in [-0.3, -0.25) is 0 Å². The molecule has 0 bridgehead atoms. The van der Waals surface area contributed by atoms with Crippen molar-refractivity contribution < 1.29 is 80.9 Å². The Kier molecular flexibility index (Phi) is 19.8. The van der Waals surface area contributed by atoms with Crippen LogP contribution in [0.25, 0.3) is 44.4 Å². The van der Waals surface area contributed by atoms with Crippen molar-refractivity contribution in [1.82, 2.24) is 25.3 Å². The van der Waals surface area contributed by atoms with Crippen LogP contribution in [0.4, 0.5) is 31.6 Å². The first-order valence-corrected chi connectivity index (χ1v) is 31.7. The maximum atomic E-state index is 13.2. The molecule has 3 fully saturated rings. The van der Waals surface area contributed by atoms with Crippen molar-refractivity contribution in [3.05, 3.63) is 102 Å². The zero-order chi connectivity index (χ0) is 60.4. The standard InChI is InChI=1S/C20H26FN3O6S.C15H18FN3O4S.C11H12N2O4S.C7H4ClNO2/c1-20(2,3)30-19(25)22-12-14(11-21)13-28-15-4-5-16-17(10-15)29-18(23-16)24-6-8-31(26,27)9-7-24;16-8-11(9-17)10-22-12-1-2-13-14(7-12)23-15(18-13)19-3-5-24(20,21)6-4-19;14-8-1-2-9-10(7-8)17-11(12-9)13-3-5-18(15,16)6-4-13;8-7-9-5-2-1-4(10)3-6(5)11-7/h4-5,10-11H,6-9,12-13H2,1-3H3,(H,22,25);1-2,7-8H,3-6,9-10,17H2;1-2,7,14H,3-6H2;1-3,10H/b14-11+;11-8+;;. The van der Waals surface area contributed by atoms with E-state index in [4.69, 9.17) is 54.3 Å². The zero-order valence-corrected chi connectivity index (χ0v) is 48.8. The Morgan fingerprint density at radius 1 is 0.595 bits per heavy atom. The highest BCUT2D eigenvalue weighted by atomic mass is 35.5. The summed E-state index contributed by atoms with van der Waals surface area (Å²) in [6.45, 7) is 7.37. The Labute approximate surface area is 485 Å². The number of phenolic OH excluding ortho intramolecular Hbond substituents is 2. The summed E-state index contributed by atoms with van der Waals surface area (Å²) in [5.74, 6) is 1.78. The molecule has 31 heteroatoms. The van der Waals surface area contributed by atoms with Crippen LogP contribution < -0.4 is 35.2 Å². The topological polar surface area (TPSA) is 340 Å². The van der Waals surface area contributed by atoms with Crippen molar-refractivity contribution in [3.63, 3.8) is 0 Å². The maximum absolute atomic E-state index is 13.2. The van der Waals surface area contributed by atoms with E-state index in [9.17, 15) is 43.9 Å². The van der Waals surface area contributed by atoms with Gasteiger partial charge in [0, 0.05) is 87.8 Å². The molecule has 0 unspecified atom stereocenters. The molecule has 0 spiro atoms. The molecule has 3 saturated heterocycles. The zero-order valence-electron chi connectivity index (χ0n) is 45.6. The van der Waals surface area contributed by atoms with Gasteiger partial charge in [0.05, 0.1) is 47.2 Å². The third-order valence-electron chi connectivity index (χ3n) is 12.5. The number of nitrogens with zero attached hydrogens (tertiary/aromatic N) is 7. The van der Waals surface area contributed by atoms with E-state index in [0.717, 1.165) is 0 Å². The summed E-state index contributed by atoms with van der Waals surface area (Å²) in [6, 6.07) is 20.6. The second-order valence-corrected chi connectivity index (χ2v) is 27.3. The minimum atomic E-state index is -3.00. The predicted molar refractivity (Wildman–Crippen MR) is 310 cm³/mol. The summed E-state index contributed by atoms with van der Waals surface area (Å²) in [7, 11) is -8.87. The molecule has 452 valence electrons. The first-order chi connectivity index (χ1) is 39.8. The van der Waals surface area contributed by atoms with Crippen molar-refractivity contribution >= 4 is 110 Å². The molecule has 3 aliphatic heterocycles. The van der Waals surface area contributed by atoms with E-state index in [1.54, 1.807) is 84.0 Å². The van der Waals surface area contributed by atoms with Crippen molar-refractivity contribution in [2.24, 2.45) is 5.73 Å². The Bertz CT molecular complexity index is 3990. The lowest BCUT2D eigenvalue weighted by Crippen LogP contribution is -2.40. The third-order valence-corrected chi connectivity index (χ3v) is 17.5. The quantitative estimate of drug-likeness (QED) is 0.0953. The Morgan fingerprint density at radius 3 is 1.33 bits per heavy atom. The SMILES string of the molecule is CC(C)(C)OC(=O)NC/C(=C\F)COc1ccc2nc(N3CCS(=O)(=O)CC3)oc2c1.NC/C(=C\F)COc1ccc2nc(N3CCS(=O)(=O)CC3)oc2c1.O=S1(=O)CCN(c2nc3ccc(O)cc3o2)CC1.Oc1ccc2nc(Cl)oc2c1. The Hall–Kier alpha value is -7.93. The summed E-state index contributed by atoms with van der Waals surface area (Å²) >= 11 is 5.48. The predicted octanol–water partition coefficient (Wildman–Crippen LogP) is 7.03. The number of nitrogens with two attached hydrogens (primary N) is 1. The minimum absolute atomic E-state index is 0.0576. The number of ether oxygens (including phenoxy) is 3. The average Bonchev–Trinajstić information content (AvgIpc) is 4.46. The summed E-state index contributed by atoms with van der Waals surface area (Å²) in [6.07, 6.45) is 0.176. The smallest absolute Gasteiger partial charge is 0.407 e. The molecule has 0 saturated carbocycles. The number of anilines is 3. The van der Waals surface area contributed by atoms with Crippen molar-refractivity contribution in [2.45, 2.75) is 26.4 Å². The molecule has 3 aliphatic rings. The number of benzene rings is 4. The number of oxazole rings is 4. The van der Waals surface area contributed by atoms with Crippen LogP contribution >= 0.6 is 11.6 Å². The van der Waals surface area contributed by atoms with Crippen LogP contribution in [-0.2, 0) is 34.2 Å². The molecule has 1 amide bonds. The van der Waals surface area contributed by atoms with Crippen LogP contribution in [-0.4, -0.2) is 167 Å². The van der Waals surface area contributed by atoms with E-state index in [1.165, 1.54) is 24.3 Å². The highest BCUT2D eigenvalue weighted by Crippen LogP contribution is 2.30. The molecule has 0 aliphatic carbocycles. The number of carbonyl (C=O) groups excluding carboxylic acids is 1. The second-order valence-electron chi connectivity index (χ2n) is 20.1. The second kappa shape index (κ2) is 26.8. The molecule has 5 N–H and O–H groups in total. The van der Waals surface area contributed by atoms with Gasteiger partial charge in [0.1, 0.15) is 63.9 Å². The number of aromatic nitrogens is 4. The number of phenols is 2. The fraction of sp³-hybridized carbons (Fsp3) is 0.377. The first kappa shape index (κ1) is 62.1. The largest absolute Gasteiger partial charge is 0.508 e. The number of hydrogen-bond acceptors (Lipinski definition) is 24. The summed E-state index contributed by atoms with van der Waals surface area (Å²) < 4.78 is 133. The van der Waals surface area contributed by atoms with Crippen LogP contribution in [0.1, 0.15) is 20.8 Å². The van der Waals surface area contributed by atoms with E-state index in [-0.39, 0.29) is 83.2 Å². The molecule has 8 aromatic rings. The minimum Gasteiger partial charge on any atom is -0.508 e. The average molecular weight is 1250 g/mol. The highest BCUT2D eigenvalue weighted by Gasteiger charge is 2.28. The number of amides is 1. The maximum Gasteiger partial charge on any atom is 0.407 e. The van der Waals surface area contributed by atoms with Crippen LogP contribution in [0, 0.1) is 0 Å². The number of fused-ring (bicyclic) bond motifs is 4. The number of nitrogens with one attached hydrogen (secondary N) is 1. The van der Waals surface area contributed by atoms with Gasteiger partial charge >= 0.3 is 6.09 Å². The molecule has 4 aromatic carbocycles. The number of alkyl carbamates (subject to hydrolysis) is 1. The highest BCUT2D eigenvalue weighted by molar-refractivity contribution is 7.92. The molecule has 25 nitrogen and oxygen atoms in total. The van der Waals surface area contributed by atoms with Crippen molar-refractivity contribution in [1.29, 1.82) is 0 Å². The van der Waals surface area contributed by atoms with Gasteiger partial charge in [-0.05, 0) is 80.9 Å². The molecular weight excluding hydrogens is 1190 g/mol. The van der Waals surface area contributed by atoms with Gasteiger partial charge in [-0.1, -0.05) is 0 Å². The number of hydrogen-bond donors (Lipinski definition) is 4. The Morgan fingerprint density at radius 2 is 0.952 bits per heavy atom. The van der Waals surface area contributed by atoms with E-state index in [2.05, 4.69) is 25.3 Å². The monoisotopic (exact) mass is 1250 g/mol. The van der Waals surface area contributed by atoms with E-state index >= 15 is 0 Å². The van der Waals surface area contributed by atoms with Gasteiger partial charge in [0.2, 0.25) is 0 Å². The van der Waals surface area contributed by atoms with Crippen LogP contribution in [0.2, 0.25) is 5.35 Å². The van der Waals surface area contributed by atoms with Gasteiger partial charge in [-0.25, -0.2) is 38.8 Å². The molecule has 4 aromatic heterocycles. The number of halogens is 3.